The van der Waals surface area contributed by atoms with Crippen molar-refractivity contribution in [3.63, 3.8) is 0 Å². The Bertz CT molecular complexity index is 2000. The minimum Gasteiger partial charge on any atom is -0.481 e. The Hall–Kier alpha value is -5.63. The maximum absolute atomic E-state index is 14.1. The van der Waals surface area contributed by atoms with E-state index in [4.69, 9.17) is 9.47 Å². The van der Waals surface area contributed by atoms with Crippen molar-refractivity contribution in [1.82, 2.24) is 4.90 Å². The van der Waals surface area contributed by atoms with Crippen LogP contribution in [-0.4, -0.2) is 45.8 Å². The Morgan fingerprint density at radius 2 is 1.44 bits per heavy atom. The molecule has 8 nitrogen and oxygen atoms in total. The first kappa shape index (κ1) is 32.3. The molecule has 0 spiro atoms. The van der Waals surface area contributed by atoms with Crippen molar-refractivity contribution in [2.45, 2.75) is 44.7 Å². The molecule has 1 amide bonds. The van der Waals surface area contributed by atoms with Gasteiger partial charge >= 0.3 is 11.9 Å². The molecule has 3 unspecified atom stereocenters. The highest BCUT2D eigenvalue weighted by Crippen LogP contribution is 2.38. The largest absolute Gasteiger partial charge is 0.481 e. The number of nitrogens with zero attached hydrogens (tertiary/aromatic N) is 1. The predicted molar refractivity (Wildman–Crippen MR) is 185 cm³/mol. The van der Waals surface area contributed by atoms with E-state index in [2.05, 4.69) is 42.5 Å². The summed E-state index contributed by atoms with van der Waals surface area (Å²) < 4.78 is 11.3. The Morgan fingerprint density at radius 3 is 2.15 bits per heavy atom. The topological polar surface area (TPSA) is 113 Å². The third-order valence-electron chi connectivity index (χ3n) is 9.05. The highest BCUT2D eigenvalue weighted by atomic mass is 16.7. The fourth-order valence-electron chi connectivity index (χ4n) is 6.41. The second kappa shape index (κ2) is 14.4. The number of amides is 1. The number of benzene rings is 5. The third-order valence-corrected chi connectivity index (χ3v) is 9.05. The molecule has 6 rings (SSSR count). The lowest BCUT2D eigenvalue weighted by Crippen LogP contribution is -2.43. The van der Waals surface area contributed by atoms with Gasteiger partial charge < -0.3 is 24.6 Å². The van der Waals surface area contributed by atoms with Crippen molar-refractivity contribution in [2.75, 3.05) is 6.79 Å². The number of carboxylic acid groups (broad SMARTS) is 2. The first-order valence-corrected chi connectivity index (χ1v) is 16.0. The summed E-state index contributed by atoms with van der Waals surface area (Å²) in [7, 11) is 0. The maximum Gasteiger partial charge on any atom is 0.307 e. The summed E-state index contributed by atoms with van der Waals surface area (Å²) in [5.41, 5.74) is 2.87. The monoisotopic (exact) mass is 643 g/mol. The summed E-state index contributed by atoms with van der Waals surface area (Å²) in [5, 5.41) is 23.6. The molecule has 0 saturated carbocycles. The minimum atomic E-state index is -1.35. The van der Waals surface area contributed by atoms with Crippen LogP contribution in [0.4, 0.5) is 0 Å². The van der Waals surface area contributed by atoms with Crippen molar-refractivity contribution in [2.24, 2.45) is 5.92 Å². The van der Waals surface area contributed by atoms with E-state index in [0.717, 1.165) is 38.2 Å². The molecule has 3 atom stereocenters. The van der Waals surface area contributed by atoms with Gasteiger partial charge in [0, 0.05) is 24.9 Å². The summed E-state index contributed by atoms with van der Waals surface area (Å²) in [4.78, 5) is 39.3. The average Bonchev–Trinajstić information content (AvgIpc) is 3.56. The second-order valence-corrected chi connectivity index (χ2v) is 12.2. The quantitative estimate of drug-likeness (QED) is 0.134. The van der Waals surface area contributed by atoms with Crippen LogP contribution in [0.3, 0.4) is 0 Å². The van der Waals surface area contributed by atoms with E-state index in [-0.39, 0.29) is 19.3 Å². The van der Waals surface area contributed by atoms with Gasteiger partial charge in [0.1, 0.15) is 0 Å². The van der Waals surface area contributed by atoms with Crippen LogP contribution in [0.2, 0.25) is 0 Å². The van der Waals surface area contributed by atoms with Gasteiger partial charge in [0.15, 0.2) is 11.5 Å². The Morgan fingerprint density at radius 1 is 0.771 bits per heavy atom. The number of carboxylic acids is 2. The number of allylic oxidation sites excluding steroid dienone is 1. The minimum absolute atomic E-state index is 0.133. The molecule has 1 heterocycles. The predicted octanol–water partition coefficient (Wildman–Crippen LogP) is 7.89. The van der Waals surface area contributed by atoms with Crippen LogP contribution in [-0.2, 0) is 20.9 Å². The van der Waals surface area contributed by atoms with Crippen LogP contribution in [0.25, 0.3) is 27.6 Å². The molecular weight excluding hydrogens is 606 g/mol. The van der Waals surface area contributed by atoms with Gasteiger partial charge in [-0.05, 0) is 75.8 Å². The van der Waals surface area contributed by atoms with E-state index in [1.807, 2.05) is 79.7 Å². The summed E-state index contributed by atoms with van der Waals surface area (Å²) in [6, 6.07) is 33.8. The van der Waals surface area contributed by atoms with E-state index in [1.54, 1.807) is 4.90 Å². The first-order chi connectivity index (χ1) is 23.2. The van der Waals surface area contributed by atoms with Gasteiger partial charge in [-0.1, -0.05) is 91.0 Å². The van der Waals surface area contributed by atoms with Crippen LogP contribution in [0.1, 0.15) is 48.8 Å². The lowest BCUT2D eigenvalue weighted by atomic mass is 9.87. The summed E-state index contributed by atoms with van der Waals surface area (Å²) >= 11 is 0. The lowest BCUT2D eigenvalue weighted by molar-refractivity contribution is -0.151. The molecule has 8 heteroatoms. The number of hydrogen-bond donors (Lipinski definition) is 2. The van der Waals surface area contributed by atoms with E-state index in [1.165, 1.54) is 0 Å². The van der Waals surface area contributed by atoms with Gasteiger partial charge in [-0.25, -0.2) is 0 Å². The van der Waals surface area contributed by atoms with Crippen LogP contribution < -0.4 is 9.47 Å². The lowest BCUT2D eigenvalue weighted by Gasteiger charge is -2.36. The molecule has 1 aliphatic heterocycles. The molecule has 0 radical (unpaired) electrons. The molecule has 244 valence electrons. The SMILES string of the molecule is CC(C(C/C=C/c1ccc2ccccc2c1)c1ccc2c(c1)OCO2)N(Cc1ccc2ccccc2c1)C(=O)CC(CC(=O)O)C(=O)O. The normalized spacial score (nSPS) is 14.2. The van der Waals surface area contributed by atoms with Crippen molar-refractivity contribution in [3.05, 3.63) is 126 Å². The highest BCUT2D eigenvalue weighted by molar-refractivity contribution is 5.86. The fraction of sp³-hybridized carbons (Fsp3) is 0.225. The Kier molecular flexibility index (Phi) is 9.71. The van der Waals surface area contributed by atoms with E-state index in [0.29, 0.717) is 17.9 Å². The van der Waals surface area contributed by atoms with Crippen LogP contribution in [0, 0.1) is 5.92 Å². The summed E-state index contributed by atoms with van der Waals surface area (Å²) in [6.45, 7) is 2.32. The number of fused-ring (bicyclic) bond motifs is 3. The number of hydrogen-bond acceptors (Lipinski definition) is 5. The number of carbonyl (C=O) groups is 3. The second-order valence-electron chi connectivity index (χ2n) is 12.2. The van der Waals surface area contributed by atoms with Crippen LogP contribution in [0.15, 0.2) is 109 Å². The molecule has 1 aliphatic rings. The first-order valence-electron chi connectivity index (χ1n) is 16.0. The van der Waals surface area contributed by atoms with E-state index in [9.17, 15) is 24.6 Å². The van der Waals surface area contributed by atoms with Gasteiger partial charge in [-0.3, -0.25) is 14.4 Å². The molecule has 0 bridgehead atoms. The zero-order chi connectivity index (χ0) is 33.6. The van der Waals surface area contributed by atoms with Crippen LogP contribution in [0.5, 0.6) is 11.5 Å². The Labute approximate surface area is 278 Å². The van der Waals surface area contributed by atoms with Crippen molar-refractivity contribution >= 4 is 45.5 Å². The molecular formula is C40H37NO7. The van der Waals surface area contributed by atoms with Gasteiger partial charge in [-0.15, -0.1) is 0 Å². The molecule has 0 fully saturated rings. The van der Waals surface area contributed by atoms with Crippen molar-refractivity contribution in [3.8, 4) is 11.5 Å². The number of rotatable bonds is 13. The Balaban J connectivity index is 1.35. The fourth-order valence-corrected chi connectivity index (χ4v) is 6.41. The van der Waals surface area contributed by atoms with Gasteiger partial charge in [0.05, 0.1) is 12.3 Å². The van der Waals surface area contributed by atoms with Crippen molar-refractivity contribution < 1.29 is 34.1 Å². The van der Waals surface area contributed by atoms with Crippen LogP contribution >= 0.6 is 0 Å². The summed E-state index contributed by atoms with van der Waals surface area (Å²) in [6.07, 6.45) is 3.66. The molecule has 0 aliphatic carbocycles. The number of aliphatic carboxylic acids is 2. The van der Waals surface area contributed by atoms with E-state index >= 15 is 0 Å². The number of carbonyl (C=O) groups excluding carboxylic acids is 1. The maximum atomic E-state index is 14.1. The third kappa shape index (κ3) is 7.50. The summed E-state index contributed by atoms with van der Waals surface area (Å²) in [5.74, 6) is -3.28. The molecule has 5 aromatic rings. The standard InChI is InChI=1S/C40H37NO7/c1-26(41(38(42)22-34(40(45)46)23-39(43)44)24-28-14-16-30-9-3-5-11-32(30)20-28)35(33-17-18-36-37(21-33)48-25-47-36)12-6-7-27-13-15-29-8-2-4-10-31(29)19-27/h2-11,13-21,26,34-35H,12,22-25H2,1H3,(H,43,44)(H,45,46)/b7-6+. The van der Waals surface area contributed by atoms with Gasteiger partial charge in [0.2, 0.25) is 12.7 Å². The number of ether oxygens (including phenoxy) is 2. The smallest absolute Gasteiger partial charge is 0.307 e. The zero-order valence-corrected chi connectivity index (χ0v) is 26.6. The molecule has 5 aromatic carbocycles. The molecule has 48 heavy (non-hydrogen) atoms. The highest BCUT2D eigenvalue weighted by Gasteiger charge is 2.33. The van der Waals surface area contributed by atoms with Gasteiger partial charge in [-0.2, -0.15) is 0 Å². The zero-order valence-electron chi connectivity index (χ0n) is 26.6. The molecule has 2 N–H and O–H groups in total. The molecule has 0 aromatic heterocycles. The van der Waals surface area contributed by atoms with E-state index < -0.39 is 42.6 Å². The molecule has 0 saturated heterocycles. The average molecular weight is 644 g/mol. The van der Waals surface area contributed by atoms with Crippen molar-refractivity contribution in [1.29, 1.82) is 0 Å². The van der Waals surface area contributed by atoms with Gasteiger partial charge in [0.25, 0.3) is 0 Å².